The first-order valence-electron chi connectivity index (χ1n) is 5.40. The van der Waals surface area contributed by atoms with Gasteiger partial charge in [0, 0.05) is 33.5 Å². The van der Waals surface area contributed by atoms with Gasteiger partial charge in [0.25, 0.3) is 5.91 Å². The van der Waals surface area contributed by atoms with Crippen LogP contribution in [0.1, 0.15) is 21.6 Å². The Morgan fingerprint density at radius 1 is 1.56 bits per heavy atom. The molecule has 4 N–H and O–H groups in total. The lowest BCUT2D eigenvalue weighted by atomic mass is 10.2. The first kappa shape index (κ1) is 12.6. The molecule has 18 heavy (non-hydrogen) atoms. The Kier molecular flexibility index (Phi) is 3.66. The number of amides is 1. The average Bonchev–Trinajstić information content (AvgIpc) is 2.75. The van der Waals surface area contributed by atoms with Crippen LogP contribution in [0.15, 0.2) is 28.9 Å². The van der Waals surface area contributed by atoms with Gasteiger partial charge in [0.1, 0.15) is 0 Å². The number of nitrogens with two attached hydrogens (primary N) is 1. The van der Waals surface area contributed by atoms with Gasteiger partial charge in [0.2, 0.25) is 0 Å². The number of hydrogen-bond acceptors (Lipinski definition) is 3. The molecule has 0 aliphatic rings. The number of benzene rings is 1. The number of carbonyl (C=O) groups is 1. The number of anilines is 1. The number of nitrogens with one attached hydrogen (secondary N) is 2. The highest BCUT2D eigenvalue weighted by atomic mass is 79.9. The Labute approximate surface area is 113 Å². The number of rotatable bonds is 3. The lowest BCUT2D eigenvalue weighted by Gasteiger charge is -2.06. The monoisotopic (exact) mass is 308 g/mol. The number of carbonyl (C=O) groups excluding carboxylic acids is 1. The highest BCUT2D eigenvalue weighted by Crippen LogP contribution is 2.20. The summed E-state index contributed by atoms with van der Waals surface area (Å²) < 4.78 is 0.782. The Morgan fingerprint density at radius 2 is 2.33 bits per heavy atom. The summed E-state index contributed by atoms with van der Waals surface area (Å²) in [5.74, 6) is -0.158. The minimum Gasteiger partial charge on any atom is -0.398 e. The lowest BCUT2D eigenvalue weighted by Crippen LogP contribution is -2.23. The van der Waals surface area contributed by atoms with E-state index in [1.54, 1.807) is 24.4 Å². The number of nitrogen functional groups attached to an aromatic ring is 1. The lowest BCUT2D eigenvalue weighted by molar-refractivity contribution is 0.0951. The summed E-state index contributed by atoms with van der Waals surface area (Å²) in [6.07, 6.45) is 1.70. The quantitative estimate of drug-likeness (QED) is 0.758. The Bertz CT molecular complexity index is 579. The molecule has 0 unspecified atom stereocenters. The molecule has 0 aliphatic carbocycles. The summed E-state index contributed by atoms with van der Waals surface area (Å²) in [7, 11) is 0. The van der Waals surface area contributed by atoms with E-state index in [2.05, 4.69) is 31.4 Å². The maximum atomic E-state index is 11.9. The third kappa shape index (κ3) is 2.70. The third-order valence-corrected chi connectivity index (χ3v) is 3.35. The fraction of sp³-hybridized carbons (Fsp3) is 0.167. The van der Waals surface area contributed by atoms with Crippen molar-refractivity contribution in [2.45, 2.75) is 13.5 Å². The summed E-state index contributed by atoms with van der Waals surface area (Å²) >= 11 is 3.29. The maximum absolute atomic E-state index is 11.9. The Hall–Kier alpha value is -1.82. The standard InChI is InChI=1S/C12H13BrN4O/c1-7-9(6-16-17-7)5-15-12(18)8-2-3-10(13)11(14)4-8/h2-4,6H,5,14H2,1H3,(H,15,18)(H,16,17). The number of aromatic amines is 1. The topological polar surface area (TPSA) is 83.8 Å². The maximum Gasteiger partial charge on any atom is 0.251 e. The molecule has 5 nitrogen and oxygen atoms in total. The van der Waals surface area contributed by atoms with Gasteiger partial charge >= 0.3 is 0 Å². The van der Waals surface area contributed by atoms with Crippen LogP contribution in [-0.4, -0.2) is 16.1 Å². The molecule has 1 amide bonds. The summed E-state index contributed by atoms with van der Waals surface area (Å²) in [6, 6.07) is 5.12. The molecule has 1 aromatic carbocycles. The second kappa shape index (κ2) is 5.22. The molecule has 0 radical (unpaired) electrons. The van der Waals surface area contributed by atoms with Crippen LogP contribution in [0.5, 0.6) is 0 Å². The summed E-state index contributed by atoms with van der Waals surface area (Å²) in [5.41, 5.74) is 8.73. The molecule has 0 fully saturated rings. The van der Waals surface area contributed by atoms with Crippen LogP contribution in [0.4, 0.5) is 5.69 Å². The number of nitrogens with zero attached hydrogens (tertiary/aromatic N) is 1. The second-order valence-electron chi connectivity index (χ2n) is 3.94. The van der Waals surface area contributed by atoms with Crippen molar-refractivity contribution in [2.75, 3.05) is 5.73 Å². The van der Waals surface area contributed by atoms with Crippen molar-refractivity contribution in [3.05, 3.63) is 45.7 Å². The number of aromatic nitrogens is 2. The minimum absolute atomic E-state index is 0.158. The zero-order valence-electron chi connectivity index (χ0n) is 9.83. The SMILES string of the molecule is Cc1[nH]ncc1CNC(=O)c1ccc(Br)c(N)c1. The molecule has 2 rings (SSSR count). The number of halogens is 1. The van der Waals surface area contributed by atoms with Gasteiger partial charge in [-0.25, -0.2) is 0 Å². The van der Waals surface area contributed by atoms with Gasteiger partial charge in [-0.15, -0.1) is 0 Å². The Balaban J connectivity index is 2.04. The van der Waals surface area contributed by atoms with E-state index < -0.39 is 0 Å². The number of H-pyrrole nitrogens is 1. The highest BCUT2D eigenvalue weighted by molar-refractivity contribution is 9.10. The van der Waals surface area contributed by atoms with E-state index in [4.69, 9.17) is 5.73 Å². The van der Waals surface area contributed by atoms with E-state index in [-0.39, 0.29) is 5.91 Å². The highest BCUT2D eigenvalue weighted by Gasteiger charge is 2.08. The van der Waals surface area contributed by atoms with E-state index in [1.807, 2.05) is 6.92 Å². The van der Waals surface area contributed by atoms with Crippen LogP contribution in [-0.2, 0) is 6.54 Å². The second-order valence-corrected chi connectivity index (χ2v) is 4.79. The molecular weight excluding hydrogens is 296 g/mol. The van der Waals surface area contributed by atoms with Crippen molar-refractivity contribution >= 4 is 27.5 Å². The van der Waals surface area contributed by atoms with Gasteiger partial charge in [-0.2, -0.15) is 5.10 Å². The molecular formula is C12H13BrN4O. The van der Waals surface area contributed by atoms with Crippen molar-refractivity contribution in [1.29, 1.82) is 0 Å². The zero-order chi connectivity index (χ0) is 13.1. The van der Waals surface area contributed by atoms with Crippen molar-refractivity contribution < 1.29 is 4.79 Å². The van der Waals surface area contributed by atoms with Crippen LogP contribution < -0.4 is 11.1 Å². The van der Waals surface area contributed by atoms with E-state index in [0.717, 1.165) is 15.7 Å². The first-order chi connectivity index (χ1) is 8.58. The summed E-state index contributed by atoms with van der Waals surface area (Å²) in [5, 5.41) is 9.54. The van der Waals surface area contributed by atoms with Crippen molar-refractivity contribution in [3.63, 3.8) is 0 Å². The van der Waals surface area contributed by atoms with E-state index in [1.165, 1.54) is 0 Å². The normalized spacial score (nSPS) is 10.3. The predicted molar refractivity (Wildman–Crippen MR) is 73.0 cm³/mol. The molecule has 0 saturated carbocycles. The van der Waals surface area contributed by atoms with Crippen LogP contribution in [0.25, 0.3) is 0 Å². The average molecular weight is 309 g/mol. The van der Waals surface area contributed by atoms with Crippen molar-refractivity contribution in [1.82, 2.24) is 15.5 Å². The molecule has 0 bridgehead atoms. The molecule has 2 aromatic rings. The fourth-order valence-corrected chi connectivity index (χ4v) is 1.76. The molecule has 0 atom stereocenters. The molecule has 1 heterocycles. The molecule has 0 aliphatic heterocycles. The molecule has 6 heteroatoms. The van der Waals surface area contributed by atoms with Crippen LogP contribution in [0, 0.1) is 6.92 Å². The summed E-state index contributed by atoms with van der Waals surface area (Å²) in [4.78, 5) is 11.9. The van der Waals surface area contributed by atoms with E-state index in [9.17, 15) is 4.79 Å². The number of aryl methyl sites for hydroxylation is 1. The van der Waals surface area contributed by atoms with Crippen molar-refractivity contribution in [3.8, 4) is 0 Å². The van der Waals surface area contributed by atoms with Gasteiger partial charge in [0.05, 0.1) is 6.20 Å². The first-order valence-corrected chi connectivity index (χ1v) is 6.19. The van der Waals surface area contributed by atoms with Crippen LogP contribution in [0.2, 0.25) is 0 Å². The van der Waals surface area contributed by atoms with Crippen molar-refractivity contribution in [2.24, 2.45) is 0 Å². The molecule has 0 spiro atoms. The number of hydrogen-bond donors (Lipinski definition) is 3. The van der Waals surface area contributed by atoms with Gasteiger partial charge in [-0.05, 0) is 41.1 Å². The van der Waals surface area contributed by atoms with Crippen LogP contribution in [0.3, 0.4) is 0 Å². The minimum atomic E-state index is -0.158. The van der Waals surface area contributed by atoms with Gasteiger partial charge < -0.3 is 11.1 Å². The molecule has 94 valence electrons. The third-order valence-electron chi connectivity index (χ3n) is 2.63. The predicted octanol–water partition coefficient (Wildman–Crippen LogP) is 1.99. The Morgan fingerprint density at radius 3 is 2.94 bits per heavy atom. The van der Waals surface area contributed by atoms with Gasteiger partial charge in [-0.1, -0.05) is 0 Å². The smallest absolute Gasteiger partial charge is 0.251 e. The largest absolute Gasteiger partial charge is 0.398 e. The zero-order valence-corrected chi connectivity index (χ0v) is 11.4. The fourth-order valence-electron chi connectivity index (χ4n) is 1.52. The molecule has 0 saturated heterocycles. The summed E-state index contributed by atoms with van der Waals surface area (Å²) in [6.45, 7) is 2.35. The molecule has 1 aromatic heterocycles. The van der Waals surface area contributed by atoms with Crippen LogP contribution >= 0.6 is 15.9 Å². The van der Waals surface area contributed by atoms with E-state index in [0.29, 0.717) is 17.8 Å². The van der Waals surface area contributed by atoms with Gasteiger partial charge in [0.15, 0.2) is 0 Å². The van der Waals surface area contributed by atoms with E-state index >= 15 is 0 Å². The van der Waals surface area contributed by atoms with Gasteiger partial charge in [-0.3, -0.25) is 9.89 Å².